The fraction of sp³-hybridized carbons (Fsp3) is 0.227. The lowest BCUT2D eigenvalue weighted by Crippen LogP contribution is -2.31. The molecule has 2 N–H and O–H groups in total. The Labute approximate surface area is 179 Å². The van der Waals surface area contributed by atoms with E-state index in [2.05, 4.69) is 15.7 Å². The fourth-order valence-corrected chi connectivity index (χ4v) is 2.89. The predicted molar refractivity (Wildman–Crippen MR) is 116 cm³/mol. The molecule has 0 radical (unpaired) electrons. The lowest BCUT2D eigenvalue weighted by atomic mass is 10.2. The lowest BCUT2D eigenvalue weighted by molar-refractivity contribution is -0.123. The second kappa shape index (κ2) is 10.1. The van der Waals surface area contributed by atoms with E-state index in [1.165, 1.54) is 13.1 Å². The van der Waals surface area contributed by atoms with Gasteiger partial charge >= 0.3 is 6.09 Å². The number of anilines is 2. The van der Waals surface area contributed by atoms with Crippen molar-refractivity contribution in [3.05, 3.63) is 66.5 Å². The van der Waals surface area contributed by atoms with Crippen LogP contribution in [0.5, 0.6) is 11.5 Å². The molecule has 9 nitrogen and oxygen atoms in total. The highest BCUT2D eigenvalue weighted by atomic mass is 16.6. The first kappa shape index (κ1) is 21.7. The summed E-state index contributed by atoms with van der Waals surface area (Å²) in [4.78, 5) is 24.3. The van der Waals surface area contributed by atoms with E-state index in [0.717, 1.165) is 5.56 Å². The molecular weight excluding hydrogens is 400 g/mol. The number of hydrogen-bond acceptors (Lipinski definition) is 6. The molecule has 0 saturated carbocycles. The number of carbonyl (C=O) groups excluding carboxylic acids is 2. The van der Waals surface area contributed by atoms with Crippen LogP contribution in [0.2, 0.25) is 0 Å². The normalized spacial score (nSPS) is 11.3. The topological polar surface area (TPSA) is 104 Å². The second-order valence-corrected chi connectivity index (χ2v) is 6.61. The molecule has 0 spiro atoms. The summed E-state index contributed by atoms with van der Waals surface area (Å²) in [6.07, 6.45) is 1.48. The SMILES string of the molecule is COc1cccc(Cn2cc(NC(=O)C(C)OC(=O)Nc3ccccc3)cn2)c1OC. The maximum absolute atomic E-state index is 12.4. The third-order valence-electron chi connectivity index (χ3n) is 4.39. The minimum absolute atomic E-state index is 0.418. The van der Waals surface area contributed by atoms with E-state index in [-0.39, 0.29) is 0 Å². The highest BCUT2D eigenvalue weighted by Crippen LogP contribution is 2.31. The average Bonchev–Trinajstić information content (AvgIpc) is 3.20. The summed E-state index contributed by atoms with van der Waals surface area (Å²) in [5, 5.41) is 9.51. The van der Waals surface area contributed by atoms with E-state index < -0.39 is 18.1 Å². The number of ether oxygens (including phenoxy) is 3. The molecular formula is C22H24N4O5. The van der Waals surface area contributed by atoms with Crippen LogP contribution in [-0.4, -0.2) is 42.1 Å². The van der Waals surface area contributed by atoms with Crippen LogP contribution < -0.4 is 20.1 Å². The van der Waals surface area contributed by atoms with Crippen LogP contribution in [-0.2, 0) is 16.1 Å². The predicted octanol–water partition coefficient (Wildman–Crippen LogP) is 3.52. The number of para-hydroxylation sites is 2. The second-order valence-electron chi connectivity index (χ2n) is 6.61. The first-order chi connectivity index (χ1) is 15.0. The molecule has 0 aliphatic rings. The van der Waals surface area contributed by atoms with E-state index in [1.807, 2.05) is 24.3 Å². The average molecular weight is 424 g/mol. The molecule has 31 heavy (non-hydrogen) atoms. The molecule has 0 aliphatic carbocycles. The molecule has 1 atom stereocenters. The summed E-state index contributed by atoms with van der Waals surface area (Å²) < 4.78 is 17.5. The number of nitrogens with zero attached hydrogens (tertiary/aromatic N) is 2. The standard InChI is InChI=1S/C22H24N4O5/c1-15(31-22(28)25-17-9-5-4-6-10-17)21(27)24-18-12-23-26(14-18)13-16-8-7-11-19(29-2)20(16)30-3/h4-12,14-15H,13H2,1-3H3,(H,24,27)(H,25,28). The van der Waals surface area contributed by atoms with Crippen molar-refractivity contribution in [1.29, 1.82) is 0 Å². The number of aromatic nitrogens is 2. The number of nitrogens with one attached hydrogen (secondary N) is 2. The molecule has 2 amide bonds. The summed E-state index contributed by atoms with van der Waals surface area (Å²) in [5.41, 5.74) is 1.93. The van der Waals surface area contributed by atoms with E-state index in [4.69, 9.17) is 14.2 Å². The van der Waals surface area contributed by atoms with Crippen LogP contribution in [0.4, 0.5) is 16.2 Å². The first-order valence-corrected chi connectivity index (χ1v) is 9.56. The molecule has 0 saturated heterocycles. The van der Waals surface area contributed by atoms with Crippen molar-refractivity contribution in [1.82, 2.24) is 9.78 Å². The van der Waals surface area contributed by atoms with Gasteiger partial charge in [0.15, 0.2) is 17.6 Å². The number of benzene rings is 2. The van der Waals surface area contributed by atoms with Crippen molar-refractivity contribution >= 4 is 23.4 Å². The minimum atomic E-state index is -0.995. The molecule has 9 heteroatoms. The van der Waals surface area contributed by atoms with E-state index >= 15 is 0 Å². The molecule has 1 unspecified atom stereocenters. The highest BCUT2D eigenvalue weighted by Gasteiger charge is 2.19. The Morgan fingerprint density at radius 1 is 1.00 bits per heavy atom. The van der Waals surface area contributed by atoms with Gasteiger partial charge in [-0.3, -0.25) is 14.8 Å². The smallest absolute Gasteiger partial charge is 0.412 e. The van der Waals surface area contributed by atoms with Gasteiger partial charge in [-0.25, -0.2) is 4.79 Å². The van der Waals surface area contributed by atoms with Crippen LogP contribution in [0.25, 0.3) is 0 Å². The van der Waals surface area contributed by atoms with Gasteiger partial charge in [-0.15, -0.1) is 0 Å². The van der Waals surface area contributed by atoms with Gasteiger partial charge in [-0.2, -0.15) is 5.10 Å². The van der Waals surface area contributed by atoms with Crippen molar-refractivity contribution in [2.75, 3.05) is 24.9 Å². The van der Waals surface area contributed by atoms with E-state index in [9.17, 15) is 9.59 Å². The number of carbonyl (C=O) groups is 2. The fourth-order valence-electron chi connectivity index (χ4n) is 2.89. The number of amides is 2. The zero-order valence-electron chi connectivity index (χ0n) is 17.5. The highest BCUT2D eigenvalue weighted by molar-refractivity contribution is 5.95. The van der Waals surface area contributed by atoms with Gasteiger partial charge in [-0.1, -0.05) is 30.3 Å². The maximum Gasteiger partial charge on any atom is 0.412 e. The Morgan fingerprint density at radius 2 is 1.77 bits per heavy atom. The van der Waals surface area contributed by atoms with Crippen LogP contribution in [0.3, 0.4) is 0 Å². The molecule has 1 aromatic heterocycles. The number of hydrogen-bond donors (Lipinski definition) is 2. The van der Waals surface area contributed by atoms with Gasteiger partial charge in [0.05, 0.1) is 32.6 Å². The van der Waals surface area contributed by atoms with E-state index in [1.54, 1.807) is 49.4 Å². The van der Waals surface area contributed by atoms with Crippen molar-refractivity contribution < 1.29 is 23.8 Å². The first-order valence-electron chi connectivity index (χ1n) is 9.56. The maximum atomic E-state index is 12.4. The Kier molecular flexibility index (Phi) is 7.10. The third-order valence-corrected chi connectivity index (χ3v) is 4.39. The molecule has 162 valence electrons. The zero-order chi connectivity index (χ0) is 22.2. The molecule has 0 bridgehead atoms. The number of rotatable bonds is 8. The van der Waals surface area contributed by atoms with Gasteiger partial charge in [-0.05, 0) is 25.1 Å². The van der Waals surface area contributed by atoms with Crippen LogP contribution in [0.1, 0.15) is 12.5 Å². The molecule has 3 rings (SSSR count). The summed E-state index contributed by atoms with van der Waals surface area (Å²) in [7, 11) is 3.15. The summed E-state index contributed by atoms with van der Waals surface area (Å²) in [6.45, 7) is 1.91. The summed E-state index contributed by atoms with van der Waals surface area (Å²) >= 11 is 0. The van der Waals surface area contributed by atoms with Gasteiger partial charge in [0.25, 0.3) is 5.91 Å². The Balaban J connectivity index is 1.56. The monoisotopic (exact) mass is 424 g/mol. The third kappa shape index (κ3) is 5.75. The van der Waals surface area contributed by atoms with Crippen molar-refractivity contribution in [2.45, 2.75) is 19.6 Å². The van der Waals surface area contributed by atoms with E-state index in [0.29, 0.717) is 29.4 Å². The minimum Gasteiger partial charge on any atom is -0.493 e. The van der Waals surface area contributed by atoms with Gasteiger partial charge in [0, 0.05) is 17.4 Å². The van der Waals surface area contributed by atoms with Gasteiger partial charge in [0.2, 0.25) is 0 Å². The molecule has 1 heterocycles. The molecule has 2 aromatic carbocycles. The van der Waals surface area contributed by atoms with Crippen LogP contribution >= 0.6 is 0 Å². The largest absolute Gasteiger partial charge is 0.493 e. The zero-order valence-corrected chi connectivity index (χ0v) is 17.5. The van der Waals surface area contributed by atoms with Crippen LogP contribution in [0, 0.1) is 0 Å². The summed E-state index contributed by atoms with van der Waals surface area (Å²) in [5.74, 6) is 0.777. The lowest BCUT2D eigenvalue weighted by Gasteiger charge is -2.13. The Hall–Kier alpha value is -4.01. The van der Waals surface area contributed by atoms with Crippen molar-refractivity contribution in [3.8, 4) is 11.5 Å². The number of methoxy groups -OCH3 is 2. The summed E-state index contributed by atoms with van der Waals surface area (Å²) in [6, 6.07) is 14.4. The molecule has 3 aromatic rings. The Morgan fingerprint density at radius 3 is 2.48 bits per heavy atom. The van der Waals surface area contributed by atoms with Crippen molar-refractivity contribution in [3.63, 3.8) is 0 Å². The van der Waals surface area contributed by atoms with Gasteiger partial charge in [0.1, 0.15) is 0 Å². The van der Waals surface area contributed by atoms with Crippen molar-refractivity contribution in [2.24, 2.45) is 0 Å². The molecule has 0 aliphatic heterocycles. The Bertz CT molecular complexity index is 1040. The van der Waals surface area contributed by atoms with Gasteiger partial charge < -0.3 is 19.5 Å². The molecule has 0 fully saturated rings. The quantitative estimate of drug-likeness (QED) is 0.573. The van der Waals surface area contributed by atoms with Crippen LogP contribution in [0.15, 0.2) is 60.9 Å².